The lowest BCUT2D eigenvalue weighted by atomic mass is 10.2. The molecular weight excluding hydrogens is 283 g/mol. The Kier molecular flexibility index (Phi) is 5.89. The second kappa shape index (κ2) is 6.20. The van der Waals surface area contributed by atoms with Crippen LogP contribution >= 0.6 is 11.6 Å². The van der Waals surface area contributed by atoms with Crippen molar-refractivity contribution < 1.29 is 26.1 Å². The zero-order valence-corrected chi connectivity index (χ0v) is 9.85. The van der Waals surface area contributed by atoms with Crippen LogP contribution < -0.4 is 5.73 Å². The molecule has 3 N–H and O–H groups in total. The van der Waals surface area contributed by atoms with E-state index in [1.807, 2.05) is 24.3 Å². The lowest BCUT2D eigenvalue weighted by Crippen LogP contribution is -2.21. The highest BCUT2D eigenvalue weighted by Crippen LogP contribution is 2.20. The molecule has 0 aliphatic heterocycles. The minimum atomic E-state index is -5.84. The maximum absolute atomic E-state index is 10.7. The van der Waals surface area contributed by atoms with Crippen LogP contribution in [0.15, 0.2) is 24.3 Å². The molecule has 0 radical (unpaired) electrons. The van der Waals surface area contributed by atoms with Gasteiger partial charge in [-0.25, -0.2) is 0 Å². The zero-order valence-electron chi connectivity index (χ0n) is 8.28. The number of hydrogen-bond donors (Lipinski definition) is 2. The number of alkyl halides is 3. The summed E-state index contributed by atoms with van der Waals surface area (Å²) in [6.45, 7) is 0.581. The third-order valence-electron chi connectivity index (χ3n) is 1.44. The first kappa shape index (κ1) is 16.2. The van der Waals surface area contributed by atoms with E-state index < -0.39 is 15.6 Å². The highest BCUT2D eigenvalue weighted by Gasteiger charge is 2.44. The molecule has 4 nitrogen and oxygen atoms in total. The van der Waals surface area contributed by atoms with Gasteiger partial charge in [0.25, 0.3) is 0 Å². The molecule has 0 aromatic heterocycles. The third-order valence-corrected chi connectivity index (χ3v) is 2.28. The van der Waals surface area contributed by atoms with Crippen molar-refractivity contribution >= 4 is 21.7 Å². The van der Waals surface area contributed by atoms with Crippen LogP contribution in [0.25, 0.3) is 0 Å². The molecule has 9 heteroatoms. The molecule has 0 heterocycles. The molecule has 0 aliphatic rings. The number of benzene rings is 1. The number of hydrogen-bond acceptors (Lipinski definition) is 3. The molecule has 0 aliphatic carbocycles. The third kappa shape index (κ3) is 6.47. The van der Waals surface area contributed by atoms with Gasteiger partial charge >= 0.3 is 15.6 Å². The summed E-state index contributed by atoms with van der Waals surface area (Å²) in [4.78, 5) is 0. The first-order chi connectivity index (χ1) is 7.58. The summed E-state index contributed by atoms with van der Waals surface area (Å²) in [7, 11) is -5.84. The molecule has 1 aromatic rings. The maximum atomic E-state index is 10.7. The van der Waals surface area contributed by atoms with Crippen molar-refractivity contribution in [3.63, 3.8) is 0 Å². The average molecular weight is 292 g/mol. The summed E-state index contributed by atoms with van der Waals surface area (Å²) in [5.74, 6) is 0. The molecule has 0 saturated carbocycles. The Labute approximate surface area is 101 Å². The van der Waals surface area contributed by atoms with E-state index in [0.717, 1.165) is 10.6 Å². The lowest BCUT2D eigenvalue weighted by Gasteiger charge is -1.97. The molecule has 0 amide bonds. The Morgan fingerprint density at radius 2 is 1.59 bits per heavy atom. The Hall–Kier alpha value is -0.830. The fourth-order valence-corrected chi connectivity index (χ4v) is 0.746. The standard InChI is InChI=1S/C7H8ClN.CHF3O3S/c8-7-3-1-6(5-9)2-4-7;2-1(3,4)8(5,6)7/h1-4H,5,9H2;(H,5,6,7). The molecular formula is C8H9ClF3NO3S. The van der Waals surface area contributed by atoms with E-state index in [1.165, 1.54) is 0 Å². The van der Waals surface area contributed by atoms with Gasteiger partial charge in [-0.2, -0.15) is 21.6 Å². The number of rotatable bonds is 1. The molecule has 0 atom stereocenters. The van der Waals surface area contributed by atoms with Crippen LogP contribution in [0.4, 0.5) is 13.2 Å². The van der Waals surface area contributed by atoms with Crippen molar-refractivity contribution in [1.29, 1.82) is 0 Å². The van der Waals surface area contributed by atoms with E-state index in [9.17, 15) is 13.2 Å². The van der Waals surface area contributed by atoms with Gasteiger partial charge in [0, 0.05) is 11.6 Å². The van der Waals surface area contributed by atoms with Crippen LogP contribution in [0.3, 0.4) is 0 Å². The van der Waals surface area contributed by atoms with Crippen molar-refractivity contribution in [1.82, 2.24) is 0 Å². The van der Waals surface area contributed by atoms with Gasteiger partial charge in [0.1, 0.15) is 0 Å². The van der Waals surface area contributed by atoms with Crippen molar-refractivity contribution in [2.75, 3.05) is 0 Å². The Morgan fingerprint density at radius 1 is 1.24 bits per heavy atom. The van der Waals surface area contributed by atoms with Gasteiger partial charge in [0.2, 0.25) is 0 Å². The molecule has 17 heavy (non-hydrogen) atoms. The summed E-state index contributed by atoms with van der Waals surface area (Å²) in [5.41, 5.74) is 0.933. The first-order valence-corrected chi connectivity index (χ1v) is 5.88. The maximum Gasteiger partial charge on any atom is 0.522 e. The van der Waals surface area contributed by atoms with Crippen LogP contribution in [0, 0.1) is 0 Å². The van der Waals surface area contributed by atoms with Crippen LogP contribution in [0.1, 0.15) is 5.56 Å². The quantitative estimate of drug-likeness (QED) is 0.614. The van der Waals surface area contributed by atoms with Crippen LogP contribution in [-0.2, 0) is 16.7 Å². The van der Waals surface area contributed by atoms with E-state index >= 15 is 0 Å². The predicted molar refractivity (Wildman–Crippen MR) is 56.9 cm³/mol. The summed E-state index contributed by atoms with van der Waals surface area (Å²) < 4.78 is 57.5. The largest absolute Gasteiger partial charge is 0.522 e. The summed E-state index contributed by atoms with van der Waals surface area (Å²) in [6.07, 6.45) is 0. The molecule has 0 saturated heterocycles. The average Bonchev–Trinajstić information content (AvgIpc) is 2.17. The second-order valence-electron chi connectivity index (χ2n) is 2.75. The zero-order chi connectivity index (χ0) is 13.7. The SMILES string of the molecule is NCc1ccc(Cl)cc1.O=S(=O)(O)C(F)(F)F. The number of halogens is 4. The molecule has 0 bridgehead atoms. The van der Waals surface area contributed by atoms with E-state index in [2.05, 4.69) is 0 Å². The molecule has 0 unspecified atom stereocenters. The monoisotopic (exact) mass is 291 g/mol. The van der Waals surface area contributed by atoms with E-state index in [1.54, 1.807) is 0 Å². The van der Waals surface area contributed by atoms with Gasteiger partial charge in [-0.15, -0.1) is 0 Å². The fraction of sp³-hybridized carbons (Fsp3) is 0.250. The summed E-state index contributed by atoms with van der Waals surface area (Å²) >= 11 is 5.63. The molecule has 0 spiro atoms. The van der Waals surface area contributed by atoms with Gasteiger partial charge in [-0.3, -0.25) is 4.55 Å². The second-order valence-corrected chi connectivity index (χ2v) is 4.60. The molecule has 0 fully saturated rings. The Balaban J connectivity index is 0.000000304. The Morgan fingerprint density at radius 3 is 1.82 bits per heavy atom. The lowest BCUT2D eigenvalue weighted by molar-refractivity contribution is -0.0510. The molecule has 1 rings (SSSR count). The van der Waals surface area contributed by atoms with Crippen molar-refractivity contribution in [2.45, 2.75) is 12.1 Å². The molecule has 98 valence electrons. The van der Waals surface area contributed by atoms with Gasteiger partial charge in [0.05, 0.1) is 0 Å². The highest BCUT2D eigenvalue weighted by molar-refractivity contribution is 7.86. The van der Waals surface area contributed by atoms with Gasteiger partial charge in [-0.1, -0.05) is 23.7 Å². The van der Waals surface area contributed by atoms with Crippen LogP contribution in [0.2, 0.25) is 5.02 Å². The molecule has 1 aromatic carbocycles. The van der Waals surface area contributed by atoms with Gasteiger partial charge < -0.3 is 5.73 Å². The van der Waals surface area contributed by atoms with E-state index in [0.29, 0.717) is 6.54 Å². The first-order valence-electron chi connectivity index (χ1n) is 4.06. The normalized spacial score (nSPS) is 11.6. The smallest absolute Gasteiger partial charge is 0.326 e. The van der Waals surface area contributed by atoms with E-state index in [4.69, 9.17) is 30.3 Å². The van der Waals surface area contributed by atoms with Crippen molar-refractivity contribution in [2.24, 2.45) is 5.73 Å². The van der Waals surface area contributed by atoms with Crippen LogP contribution in [0.5, 0.6) is 0 Å². The van der Waals surface area contributed by atoms with Gasteiger partial charge in [0.15, 0.2) is 0 Å². The highest BCUT2D eigenvalue weighted by atomic mass is 35.5. The summed E-state index contributed by atoms with van der Waals surface area (Å²) in [6, 6.07) is 7.51. The van der Waals surface area contributed by atoms with Crippen LogP contribution in [-0.4, -0.2) is 18.5 Å². The van der Waals surface area contributed by atoms with Crippen molar-refractivity contribution in [3.05, 3.63) is 34.9 Å². The predicted octanol–water partition coefficient (Wildman–Crippen LogP) is 2.19. The van der Waals surface area contributed by atoms with Crippen molar-refractivity contribution in [3.8, 4) is 0 Å². The van der Waals surface area contributed by atoms with Gasteiger partial charge in [-0.05, 0) is 17.7 Å². The fourth-order valence-electron chi connectivity index (χ4n) is 0.620. The number of nitrogens with two attached hydrogens (primary N) is 1. The topological polar surface area (TPSA) is 80.4 Å². The summed E-state index contributed by atoms with van der Waals surface area (Å²) in [5, 5.41) is 0.757. The Bertz CT molecular complexity index is 444. The minimum absolute atomic E-state index is 0.581. The minimum Gasteiger partial charge on any atom is -0.326 e. The van der Waals surface area contributed by atoms with E-state index in [-0.39, 0.29) is 0 Å².